The first-order valence-corrected chi connectivity index (χ1v) is 7.14. The average Bonchev–Trinajstić information content (AvgIpc) is 2.92. The van der Waals surface area contributed by atoms with Gasteiger partial charge in [0.25, 0.3) is 5.91 Å². The summed E-state index contributed by atoms with van der Waals surface area (Å²) in [4.78, 5) is 12.3. The number of carbonyl (C=O) groups excluding carboxylic acids is 1. The van der Waals surface area contributed by atoms with Crippen LogP contribution in [0, 0.1) is 12.7 Å². The highest BCUT2D eigenvalue weighted by Crippen LogP contribution is 2.12. The van der Waals surface area contributed by atoms with Crippen LogP contribution in [0.2, 0.25) is 0 Å². The summed E-state index contributed by atoms with van der Waals surface area (Å²) in [5.74, 6) is -0.721. The fourth-order valence-corrected chi connectivity index (χ4v) is 2.20. The number of rotatable bonds is 4. The smallest absolute Gasteiger partial charge is 0.278 e. The lowest BCUT2D eigenvalue weighted by Crippen LogP contribution is -2.14. The fourth-order valence-electron chi connectivity index (χ4n) is 2.20. The van der Waals surface area contributed by atoms with E-state index in [1.165, 1.54) is 24.3 Å². The highest BCUT2D eigenvalue weighted by Gasteiger charge is 2.16. The van der Waals surface area contributed by atoms with Crippen LogP contribution in [0.1, 0.15) is 21.7 Å². The first-order valence-electron chi connectivity index (χ1n) is 7.14. The Kier molecular flexibility index (Phi) is 4.14. The second-order valence-corrected chi connectivity index (χ2v) is 5.13. The van der Waals surface area contributed by atoms with Gasteiger partial charge >= 0.3 is 0 Å². The van der Waals surface area contributed by atoms with Crippen LogP contribution < -0.4 is 5.32 Å². The Morgan fingerprint density at radius 2 is 1.83 bits per heavy atom. The predicted octanol–water partition coefficient (Wildman–Crippen LogP) is 3.03. The molecule has 1 amide bonds. The Bertz CT molecular complexity index is 812. The zero-order valence-corrected chi connectivity index (χ0v) is 12.5. The molecule has 0 aliphatic heterocycles. The molecule has 0 bridgehead atoms. The van der Waals surface area contributed by atoms with Crippen LogP contribution in [0.4, 0.5) is 10.1 Å². The second kappa shape index (κ2) is 6.39. The van der Waals surface area contributed by atoms with Crippen LogP contribution in [-0.2, 0) is 6.54 Å². The largest absolute Gasteiger partial charge is 0.321 e. The number of aromatic nitrogens is 3. The third-order valence-corrected chi connectivity index (χ3v) is 3.47. The summed E-state index contributed by atoms with van der Waals surface area (Å²) in [7, 11) is 0. The van der Waals surface area contributed by atoms with Crippen molar-refractivity contribution in [1.29, 1.82) is 0 Å². The van der Waals surface area contributed by atoms with E-state index in [1.807, 2.05) is 30.3 Å². The van der Waals surface area contributed by atoms with E-state index in [4.69, 9.17) is 0 Å². The van der Waals surface area contributed by atoms with Crippen molar-refractivity contribution in [3.63, 3.8) is 0 Å². The lowest BCUT2D eigenvalue weighted by atomic mass is 10.2. The molecule has 0 spiro atoms. The molecule has 1 N–H and O–H groups in total. The number of hydrogen-bond donors (Lipinski definition) is 1. The molecular weight excluding hydrogens is 295 g/mol. The number of hydrogen-bond acceptors (Lipinski definition) is 3. The van der Waals surface area contributed by atoms with Crippen LogP contribution in [0.15, 0.2) is 54.6 Å². The maximum atomic E-state index is 12.9. The quantitative estimate of drug-likeness (QED) is 0.806. The Labute approximate surface area is 132 Å². The van der Waals surface area contributed by atoms with E-state index in [-0.39, 0.29) is 17.4 Å². The number of nitrogens with zero attached hydrogens (tertiary/aromatic N) is 3. The summed E-state index contributed by atoms with van der Waals surface area (Å²) in [6.45, 7) is 2.34. The monoisotopic (exact) mass is 310 g/mol. The Hall–Kier alpha value is -3.02. The van der Waals surface area contributed by atoms with Gasteiger partial charge in [0.1, 0.15) is 5.82 Å². The Balaban J connectivity index is 1.75. The van der Waals surface area contributed by atoms with Crippen LogP contribution in [0.25, 0.3) is 0 Å². The van der Waals surface area contributed by atoms with Crippen LogP contribution in [0.5, 0.6) is 0 Å². The third kappa shape index (κ3) is 3.42. The first-order chi connectivity index (χ1) is 11.1. The van der Waals surface area contributed by atoms with Crippen molar-refractivity contribution in [2.24, 2.45) is 0 Å². The molecule has 2 aromatic carbocycles. The van der Waals surface area contributed by atoms with Gasteiger partial charge in [-0.05, 0) is 36.8 Å². The van der Waals surface area contributed by atoms with Crippen molar-refractivity contribution in [1.82, 2.24) is 15.0 Å². The molecule has 6 heteroatoms. The lowest BCUT2D eigenvalue weighted by Gasteiger charge is -2.05. The fraction of sp³-hybridized carbons (Fsp3) is 0.118. The number of nitrogens with one attached hydrogen (secondary N) is 1. The van der Waals surface area contributed by atoms with Crippen LogP contribution in [0.3, 0.4) is 0 Å². The van der Waals surface area contributed by atoms with E-state index in [0.717, 1.165) is 5.56 Å². The van der Waals surface area contributed by atoms with Gasteiger partial charge in [-0.1, -0.05) is 35.5 Å². The number of amides is 1. The Morgan fingerprint density at radius 1 is 1.13 bits per heavy atom. The SMILES string of the molecule is Cc1c(C(=O)Nc2ccc(F)cc2)nnn1Cc1ccccc1. The van der Waals surface area contributed by atoms with Gasteiger partial charge in [-0.3, -0.25) is 4.79 Å². The first kappa shape index (κ1) is 14.9. The van der Waals surface area contributed by atoms with Gasteiger partial charge in [-0.2, -0.15) is 0 Å². The van der Waals surface area contributed by atoms with E-state index in [1.54, 1.807) is 11.6 Å². The van der Waals surface area contributed by atoms with Crippen molar-refractivity contribution < 1.29 is 9.18 Å². The minimum atomic E-state index is -0.367. The van der Waals surface area contributed by atoms with Gasteiger partial charge in [-0.25, -0.2) is 9.07 Å². The van der Waals surface area contributed by atoms with Gasteiger partial charge in [0.15, 0.2) is 5.69 Å². The summed E-state index contributed by atoms with van der Waals surface area (Å²) in [6.07, 6.45) is 0. The maximum absolute atomic E-state index is 12.9. The van der Waals surface area contributed by atoms with E-state index < -0.39 is 0 Å². The standard InChI is InChI=1S/C17H15FN4O/c1-12-16(17(23)19-15-9-7-14(18)8-10-15)20-21-22(12)11-13-5-3-2-4-6-13/h2-10H,11H2,1H3,(H,19,23). The lowest BCUT2D eigenvalue weighted by molar-refractivity contribution is 0.102. The van der Waals surface area contributed by atoms with Gasteiger partial charge < -0.3 is 5.32 Å². The van der Waals surface area contributed by atoms with Crippen molar-refractivity contribution >= 4 is 11.6 Å². The highest BCUT2D eigenvalue weighted by atomic mass is 19.1. The minimum absolute atomic E-state index is 0.255. The number of anilines is 1. The summed E-state index contributed by atoms with van der Waals surface area (Å²) in [5.41, 5.74) is 2.51. The van der Waals surface area contributed by atoms with E-state index >= 15 is 0 Å². The minimum Gasteiger partial charge on any atom is -0.321 e. The van der Waals surface area contributed by atoms with E-state index in [9.17, 15) is 9.18 Å². The molecule has 0 radical (unpaired) electrons. The summed E-state index contributed by atoms with van der Waals surface area (Å²) in [6, 6.07) is 15.4. The molecule has 0 fully saturated rings. The van der Waals surface area contributed by atoms with Crippen molar-refractivity contribution in [3.8, 4) is 0 Å². The molecule has 0 saturated heterocycles. The molecule has 0 aliphatic carbocycles. The highest BCUT2D eigenvalue weighted by molar-refractivity contribution is 6.03. The molecule has 1 heterocycles. The van der Waals surface area contributed by atoms with E-state index in [2.05, 4.69) is 15.6 Å². The summed E-state index contributed by atoms with van der Waals surface area (Å²) >= 11 is 0. The number of halogens is 1. The maximum Gasteiger partial charge on any atom is 0.278 e. The zero-order valence-electron chi connectivity index (χ0n) is 12.5. The van der Waals surface area contributed by atoms with Gasteiger partial charge in [-0.15, -0.1) is 5.10 Å². The molecule has 23 heavy (non-hydrogen) atoms. The molecule has 1 aromatic heterocycles. The van der Waals surface area contributed by atoms with Gasteiger partial charge in [0, 0.05) is 5.69 Å². The normalized spacial score (nSPS) is 10.5. The Morgan fingerprint density at radius 3 is 2.52 bits per heavy atom. The molecule has 0 aliphatic rings. The molecule has 0 saturated carbocycles. The second-order valence-electron chi connectivity index (χ2n) is 5.13. The van der Waals surface area contributed by atoms with Crippen LogP contribution in [-0.4, -0.2) is 20.9 Å². The molecule has 116 valence electrons. The molecule has 0 unspecified atom stereocenters. The number of carbonyl (C=O) groups is 1. The van der Waals surface area contributed by atoms with Crippen LogP contribution >= 0.6 is 0 Å². The van der Waals surface area contributed by atoms with Crippen molar-refractivity contribution in [2.75, 3.05) is 5.32 Å². The molecule has 5 nitrogen and oxygen atoms in total. The molecule has 3 aromatic rings. The van der Waals surface area contributed by atoms with Gasteiger partial charge in [0.2, 0.25) is 0 Å². The van der Waals surface area contributed by atoms with Crippen molar-refractivity contribution in [3.05, 3.63) is 77.4 Å². The molecule has 0 atom stereocenters. The number of benzene rings is 2. The summed E-state index contributed by atoms with van der Waals surface area (Å²) < 4.78 is 14.6. The van der Waals surface area contributed by atoms with Crippen molar-refractivity contribution in [2.45, 2.75) is 13.5 Å². The summed E-state index contributed by atoms with van der Waals surface area (Å²) in [5, 5.41) is 10.7. The molecular formula is C17H15FN4O. The van der Waals surface area contributed by atoms with E-state index in [0.29, 0.717) is 17.9 Å². The average molecular weight is 310 g/mol. The topological polar surface area (TPSA) is 59.8 Å². The predicted molar refractivity (Wildman–Crippen MR) is 84.7 cm³/mol. The third-order valence-electron chi connectivity index (χ3n) is 3.47. The van der Waals surface area contributed by atoms with Gasteiger partial charge in [0.05, 0.1) is 12.2 Å². The zero-order chi connectivity index (χ0) is 16.2. The molecule has 3 rings (SSSR count).